The van der Waals surface area contributed by atoms with Crippen LogP contribution < -0.4 is 21.3 Å². The van der Waals surface area contributed by atoms with E-state index in [-0.39, 0.29) is 54.7 Å². The van der Waals surface area contributed by atoms with Crippen molar-refractivity contribution in [3.05, 3.63) is 0 Å². The third-order valence-corrected chi connectivity index (χ3v) is 2.61. The van der Waals surface area contributed by atoms with Gasteiger partial charge < -0.3 is 26.0 Å². The van der Waals surface area contributed by atoms with Crippen LogP contribution in [0.4, 0.5) is 0 Å². The van der Waals surface area contributed by atoms with E-state index in [1.54, 1.807) is 0 Å². The van der Waals surface area contributed by atoms with Crippen molar-refractivity contribution in [1.82, 2.24) is 21.3 Å². The fraction of sp³-hybridized carbons (Fsp3) is 0.684. The molecule has 1 aliphatic rings. The summed E-state index contributed by atoms with van der Waals surface area (Å²) in [5.41, 5.74) is 0. The Morgan fingerprint density at radius 1 is 0.600 bits per heavy atom. The van der Waals surface area contributed by atoms with Crippen LogP contribution in [0.5, 0.6) is 0 Å². The summed E-state index contributed by atoms with van der Waals surface area (Å²) in [5.74, 6) is -0.582. The molecule has 0 saturated carbocycles. The van der Waals surface area contributed by atoms with E-state index in [1.807, 2.05) is 0 Å². The number of ketones is 3. The largest absolute Gasteiger partial charge is 0.379 e. The molecule has 1 rings (SSSR count). The fourth-order valence-electron chi connectivity index (χ4n) is 1.26. The summed E-state index contributed by atoms with van der Waals surface area (Å²) >= 11 is 0. The van der Waals surface area contributed by atoms with Crippen LogP contribution in [0.3, 0.4) is 0 Å². The smallest absolute Gasteiger partial charge is 0.217 e. The Morgan fingerprint density at radius 2 is 0.867 bits per heavy atom. The lowest BCUT2D eigenvalue weighted by atomic mass is 10.4. The van der Waals surface area contributed by atoms with Crippen LogP contribution in [-0.2, 0) is 33.5 Å². The van der Waals surface area contributed by atoms with Crippen molar-refractivity contribution in [3.63, 3.8) is 0 Å². The van der Waals surface area contributed by atoms with Crippen molar-refractivity contribution < 1.29 is 33.5 Å². The van der Waals surface area contributed by atoms with Crippen LogP contribution in [0.25, 0.3) is 0 Å². The summed E-state index contributed by atoms with van der Waals surface area (Å²) in [6.07, 6.45) is 0. The monoisotopic (exact) mass is 432 g/mol. The van der Waals surface area contributed by atoms with Gasteiger partial charge in [-0.05, 0) is 20.8 Å². The lowest BCUT2D eigenvalue weighted by molar-refractivity contribution is -0.123. The van der Waals surface area contributed by atoms with E-state index in [0.717, 1.165) is 26.3 Å². The average molecular weight is 433 g/mol. The highest BCUT2D eigenvalue weighted by molar-refractivity contribution is 5.84. The van der Waals surface area contributed by atoms with E-state index in [2.05, 4.69) is 21.3 Å². The number of hydrogen-bond acceptors (Lipinski definition) is 8. The molecule has 0 atom stereocenters. The fourth-order valence-corrected chi connectivity index (χ4v) is 1.26. The van der Waals surface area contributed by atoms with Gasteiger partial charge in [-0.2, -0.15) is 0 Å². The normalized spacial score (nSPS) is 11.4. The molecular formula is C19H36N4O7. The van der Waals surface area contributed by atoms with Gasteiger partial charge in [0.15, 0.2) is 0 Å². The van der Waals surface area contributed by atoms with Gasteiger partial charge in [-0.3, -0.25) is 28.8 Å². The van der Waals surface area contributed by atoms with Crippen LogP contribution in [0.1, 0.15) is 41.5 Å². The molecule has 1 heterocycles. The molecule has 1 saturated heterocycles. The number of nitrogens with one attached hydrogen (secondary N) is 4. The van der Waals surface area contributed by atoms with Crippen LogP contribution >= 0.6 is 0 Å². The minimum Gasteiger partial charge on any atom is -0.379 e. The zero-order chi connectivity index (χ0) is 23.9. The standard InChI is InChI=1S/3C5H9NO2.C4H9NO/c3*1-4(7)3-6-5(2)8;1-3-6-4-2-5-1/h3*3H2,1-2H3,(H,6,8);5H,1-4H2. The number of Topliss-reactive ketones (excluding diaryl/α,β-unsaturated/α-hetero) is 3. The third kappa shape index (κ3) is 44.6. The summed E-state index contributed by atoms with van der Waals surface area (Å²) in [4.78, 5) is 60.7. The van der Waals surface area contributed by atoms with Crippen molar-refractivity contribution >= 4 is 35.1 Å². The van der Waals surface area contributed by atoms with Crippen molar-refractivity contribution in [2.75, 3.05) is 45.9 Å². The summed E-state index contributed by atoms with van der Waals surface area (Å²) < 4.78 is 5.01. The van der Waals surface area contributed by atoms with Gasteiger partial charge in [0.25, 0.3) is 0 Å². The number of morpholine rings is 1. The molecule has 0 unspecified atom stereocenters. The van der Waals surface area contributed by atoms with Crippen LogP contribution in [0.2, 0.25) is 0 Å². The van der Waals surface area contributed by atoms with E-state index < -0.39 is 0 Å². The molecule has 0 radical (unpaired) electrons. The first-order chi connectivity index (χ1) is 13.9. The molecule has 11 nitrogen and oxygen atoms in total. The van der Waals surface area contributed by atoms with E-state index >= 15 is 0 Å². The number of carbonyl (C=O) groups excluding carboxylic acids is 6. The van der Waals surface area contributed by atoms with Gasteiger partial charge in [0, 0.05) is 33.9 Å². The minimum absolute atomic E-state index is 0.0276. The molecule has 1 aliphatic heterocycles. The number of hydrogen-bond donors (Lipinski definition) is 4. The second-order valence-corrected chi connectivity index (χ2v) is 6.20. The van der Waals surface area contributed by atoms with E-state index in [9.17, 15) is 28.8 Å². The molecule has 1 fully saturated rings. The molecule has 11 heteroatoms. The summed E-state index contributed by atoms with van der Waals surface area (Å²) in [7, 11) is 0. The van der Waals surface area contributed by atoms with Crippen molar-refractivity contribution in [2.45, 2.75) is 41.5 Å². The van der Waals surface area contributed by atoms with Gasteiger partial charge in [0.2, 0.25) is 17.7 Å². The maximum absolute atomic E-state index is 10.1. The first kappa shape index (κ1) is 32.0. The highest BCUT2D eigenvalue weighted by Gasteiger charge is 1.94. The van der Waals surface area contributed by atoms with Crippen molar-refractivity contribution in [3.8, 4) is 0 Å². The lowest BCUT2D eigenvalue weighted by Gasteiger charge is -2.10. The average Bonchev–Trinajstić information content (AvgIpc) is 2.66. The predicted molar refractivity (Wildman–Crippen MR) is 112 cm³/mol. The quantitative estimate of drug-likeness (QED) is 0.405. The van der Waals surface area contributed by atoms with Gasteiger partial charge in [0.05, 0.1) is 32.8 Å². The first-order valence-corrected chi connectivity index (χ1v) is 9.38. The molecule has 30 heavy (non-hydrogen) atoms. The zero-order valence-corrected chi connectivity index (χ0v) is 18.8. The maximum Gasteiger partial charge on any atom is 0.217 e. The predicted octanol–water partition coefficient (Wildman–Crippen LogP) is -1.26. The Bertz CT molecular complexity index is 427. The molecule has 0 aromatic heterocycles. The van der Waals surface area contributed by atoms with E-state index in [1.165, 1.54) is 41.5 Å². The number of carbonyl (C=O) groups is 6. The number of ether oxygens (including phenoxy) is 1. The molecule has 0 aromatic carbocycles. The van der Waals surface area contributed by atoms with Crippen LogP contribution in [0.15, 0.2) is 0 Å². The molecular weight excluding hydrogens is 396 g/mol. The molecule has 0 spiro atoms. The van der Waals surface area contributed by atoms with Crippen molar-refractivity contribution in [1.29, 1.82) is 0 Å². The third-order valence-electron chi connectivity index (χ3n) is 2.61. The number of amides is 3. The highest BCUT2D eigenvalue weighted by Crippen LogP contribution is 1.76. The Hall–Kier alpha value is -2.66. The van der Waals surface area contributed by atoms with Crippen LogP contribution in [-0.4, -0.2) is 81.0 Å². The van der Waals surface area contributed by atoms with Gasteiger partial charge in [-0.25, -0.2) is 0 Å². The van der Waals surface area contributed by atoms with Gasteiger partial charge in [-0.1, -0.05) is 0 Å². The summed E-state index contributed by atoms with van der Waals surface area (Å²) in [5, 5.41) is 10.2. The van der Waals surface area contributed by atoms with Gasteiger partial charge in [-0.15, -0.1) is 0 Å². The lowest BCUT2D eigenvalue weighted by Crippen LogP contribution is -2.30. The van der Waals surface area contributed by atoms with Crippen LogP contribution in [0, 0.1) is 0 Å². The molecule has 3 amide bonds. The summed E-state index contributed by atoms with van der Waals surface area (Å²) in [6, 6.07) is 0. The Morgan fingerprint density at radius 3 is 0.933 bits per heavy atom. The minimum atomic E-state index is -0.166. The SMILES string of the molecule is C1COCCN1.CC(=O)CNC(C)=O.CC(=O)CNC(C)=O.CC(=O)CNC(C)=O. The Kier molecular flexibility index (Phi) is 24.1. The van der Waals surface area contributed by atoms with E-state index in [0.29, 0.717) is 0 Å². The number of rotatable bonds is 6. The molecule has 0 aromatic rings. The summed E-state index contributed by atoms with van der Waals surface area (Å²) in [6.45, 7) is 12.7. The highest BCUT2D eigenvalue weighted by atomic mass is 16.5. The molecule has 0 bridgehead atoms. The Labute approximate surface area is 178 Å². The van der Waals surface area contributed by atoms with Crippen molar-refractivity contribution in [2.24, 2.45) is 0 Å². The van der Waals surface area contributed by atoms with Gasteiger partial charge in [0.1, 0.15) is 17.3 Å². The molecule has 4 N–H and O–H groups in total. The molecule has 174 valence electrons. The molecule has 0 aliphatic carbocycles. The second kappa shape index (κ2) is 22.6. The second-order valence-electron chi connectivity index (χ2n) is 6.20. The van der Waals surface area contributed by atoms with E-state index in [4.69, 9.17) is 4.74 Å². The first-order valence-electron chi connectivity index (χ1n) is 9.38. The topological polar surface area (TPSA) is 160 Å². The Balaban J connectivity index is -0.000000325. The zero-order valence-electron chi connectivity index (χ0n) is 18.8. The maximum atomic E-state index is 10.1. The van der Waals surface area contributed by atoms with Gasteiger partial charge >= 0.3 is 0 Å².